The molecule has 1 heterocycles. The summed E-state index contributed by atoms with van der Waals surface area (Å²) in [5.74, 6) is 1.48. The van der Waals surface area contributed by atoms with Crippen molar-refractivity contribution >= 4 is 5.95 Å². The summed E-state index contributed by atoms with van der Waals surface area (Å²) in [6.07, 6.45) is 2.46. The number of hydrogen-bond donors (Lipinski definition) is 2. The van der Waals surface area contributed by atoms with Gasteiger partial charge in [-0.15, -0.1) is 0 Å². The molecule has 0 amide bonds. The molecule has 19 heavy (non-hydrogen) atoms. The van der Waals surface area contributed by atoms with Crippen molar-refractivity contribution in [1.82, 2.24) is 9.97 Å². The molecule has 0 aliphatic carbocycles. The molecular weight excluding hydrogens is 240 g/mol. The maximum absolute atomic E-state index is 5.44. The number of methoxy groups -OCH3 is 1. The van der Waals surface area contributed by atoms with Crippen molar-refractivity contribution in [2.45, 2.75) is 6.42 Å². The van der Waals surface area contributed by atoms with E-state index in [1.54, 1.807) is 13.3 Å². The Hall–Kier alpha value is -2.14. The molecule has 0 aliphatic heterocycles. The molecule has 0 aliphatic rings. The molecule has 2 rings (SSSR count). The summed E-state index contributed by atoms with van der Waals surface area (Å²) in [6, 6.07) is 9.83. The number of nitrogens with zero attached hydrogens (tertiary/aromatic N) is 2. The molecule has 5 heteroatoms. The summed E-state index contributed by atoms with van der Waals surface area (Å²) in [5, 5.41) is 3.07. The van der Waals surface area contributed by atoms with Gasteiger partial charge in [0.1, 0.15) is 5.75 Å². The monoisotopic (exact) mass is 258 g/mol. The van der Waals surface area contributed by atoms with E-state index in [0.717, 1.165) is 17.0 Å². The third-order valence-corrected chi connectivity index (χ3v) is 2.70. The fourth-order valence-electron chi connectivity index (χ4n) is 1.81. The third-order valence-electron chi connectivity index (χ3n) is 2.70. The first-order valence-corrected chi connectivity index (χ1v) is 6.21. The van der Waals surface area contributed by atoms with E-state index >= 15 is 0 Å². The lowest BCUT2D eigenvalue weighted by Gasteiger charge is -2.08. The highest BCUT2D eigenvalue weighted by atomic mass is 16.5. The van der Waals surface area contributed by atoms with Gasteiger partial charge in [-0.3, -0.25) is 0 Å². The van der Waals surface area contributed by atoms with Gasteiger partial charge in [-0.25, -0.2) is 9.97 Å². The van der Waals surface area contributed by atoms with E-state index < -0.39 is 0 Å². The zero-order chi connectivity index (χ0) is 13.5. The van der Waals surface area contributed by atoms with Crippen molar-refractivity contribution in [2.75, 3.05) is 25.5 Å². The maximum Gasteiger partial charge on any atom is 0.222 e. The minimum atomic E-state index is 0.556. The average molecular weight is 258 g/mol. The number of ether oxygens (including phenoxy) is 1. The van der Waals surface area contributed by atoms with Gasteiger partial charge < -0.3 is 15.8 Å². The third kappa shape index (κ3) is 3.66. The van der Waals surface area contributed by atoms with Crippen LogP contribution in [0.2, 0.25) is 0 Å². The molecule has 0 radical (unpaired) electrons. The Morgan fingerprint density at radius 2 is 2.11 bits per heavy atom. The Balaban J connectivity index is 2.14. The van der Waals surface area contributed by atoms with Crippen LogP contribution in [0.5, 0.6) is 5.75 Å². The highest BCUT2D eigenvalue weighted by Crippen LogP contribution is 2.20. The first-order chi connectivity index (χ1) is 9.33. The smallest absolute Gasteiger partial charge is 0.222 e. The number of hydrogen-bond acceptors (Lipinski definition) is 5. The predicted molar refractivity (Wildman–Crippen MR) is 75.4 cm³/mol. The van der Waals surface area contributed by atoms with Gasteiger partial charge in [-0.1, -0.05) is 18.2 Å². The van der Waals surface area contributed by atoms with Crippen LogP contribution in [0.25, 0.3) is 0 Å². The van der Waals surface area contributed by atoms with Gasteiger partial charge >= 0.3 is 0 Å². The predicted octanol–water partition coefficient (Wildman–Crippen LogP) is 1.45. The quantitative estimate of drug-likeness (QED) is 0.820. The van der Waals surface area contributed by atoms with Crippen molar-refractivity contribution in [1.29, 1.82) is 0 Å². The molecule has 0 bridgehead atoms. The van der Waals surface area contributed by atoms with Crippen molar-refractivity contribution in [3.05, 3.63) is 47.8 Å². The summed E-state index contributed by atoms with van der Waals surface area (Å²) in [4.78, 5) is 8.60. The van der Waals surface area contributed by atoms with Gasteiger partial charge in [0.2, 0.25) is 5.95 Å². The normalized spacial score (nSPS) is 10.2. The van der Waals surface area contributed by atoms with Crippen LogP contribution < -0.4 is 15.8 Å². The van der Waals surface area contributed by atoms with Gasteiger partial charge in [0.15, 0.2) is 0 Å². The molecule has 0 saturated heterocycles. The molecule has 0 spiro atoms. The molecule has 2 aromatic rings. The lowest BCUT2D eigenvalue weighted by atomic mass is 10.1. The molecule has 0 saturated carbocycles. The van der Waals surface area contributed by atoms with Crippen molar-refractivity contribution < 1.29 is 4.74 Å². The molecule has 0 fully saturated rings. The van der Waals surface area contributed by atoms with Crippen LogP contribution in [-0.2, 0) is 6.42 Å². The molecule has 1 aromatic carbocycles. The fraction of sp³-hybridized carbons (Fsp3) is 0.286. The summed E-state index contributed by atoms with van der Waals surface area (Å²) in [5.41, 5.74) is 7.49. The Morgan fingerprint density at radius 1 is 1.26 bits per heavy atom. The number of rotatable bonds is 6. The van der Waals surface area contributed by atoms with Crippen LogP contribution in [0.3, 0.4) is 0 Å². The van der Waals surface area contributed by atoms with Gasteiger partial charge in [-0.2, -0.15) is 0 Å². The van der Waals surface area contributed by atoms with Crippen LogP contribution in [0, 0.1) is 0 Å². The van der Waals surface area contributed by atoms with E-state index in [1.807, 2.05) is 30.3 Å². The maximum atomic E-state index is 5.44. The highest BCUT2D eigenvalue weighted by molar-refractivity contribution is 5.37. The largest absolute Gasteiger partial charge is 0.496 e. The molecular formula is C14H18N4O. The van der Waals surface area contributed by atoms with E-state index in [-0.39, 0.29) is 0 Å². The zero-order valence-electron chi connectivity index (χ0n) is 11.0. The van der Waals surface area contributed by atoms with E-state index in [0.29, 0.717) is 25.5 Å². The second-order valence-corrected chi connectivity index (χ2v) is 4.08. The number of para-hydroxylation sites is 1. The van der Waals surface area contributed by atoms with Crippen LogP contribution in [-0.4, -0.2) is 30.2 Å². The SMILES string of the molecule is COc1ccccc1Cc1ccnc(NCCN)n1. The number of anilines is 1. The highest BCUT2D eigenvalue weighted by Gasteiger charge is 2.05. The van der Waals surface area contributed by atoms with Crippen LogP contribution >= 0.6 is 0 Å². The van der Waals surface area contributed by atoms with Gasteiger partial charge in [0, 0.05) is 31.3 Å². The minimum absolute atomic E-state index is 0.556. The first kappa shape index (κ1) is 13.3. The van der Waals surface area contributed by atoms with Crippen LogP contribution in [0.1, 0.15) is 11.3 Å². The van der Waals surface area contributed by atoms with Crippen molar-refractivity contribution in [3.8, 4) is 5.75 Å². The van der Waals surface area contributed by atoms with E-state index in [1.165, 1.54) is 0 Å². The van der Waals surface area contributed by atoms with E-state index in [9.17, 15) is 0 Å². The van der Waals surface area contributed by atoms with Crippen molar-refractivity contribution in [2.24, 2.45) is 5.73 Å². The molecule has 3 N–H and O–H groups in total. The van der Waals surface area contributed by atoms with Crippen LogP contribution in [0.15, 0.2) is 36.5 Å². The second kappa shape index (κ2) is 6.70. The Labute approximate surface area is 112 Å². The summed E-state index contributed by atoms with van der Waals surface area (Å²) < 4.78 is 5.34. The number of aromatic nitrogens is 2. The Kier molecular flexibility index (Phi) is 4.69. The Bertz CT molecular complexity index is 530. The fourth-order valence-corrected chi connectivity index (χ4v) is 1.81. The van der Waals surface area contributed by atoms with Gasteiger partial charge in [0.05, 0.1) is 12.8 Å². The molecule has 1 aromatic heterocycles. The van der Waals surface area contributed by atoms with E-state index in [2.05, 4.69) is 15.3 Å². The second-order valence-electron chi connectivity index (χ2n) is 4.08. The number of benzene rings is 1. The first-order valence-electron chi connectivity index (χ1n) is 6.21. The lowest BCUT2D eigenvalue weighted by Crippen LogP contribution is -2.15. The standard InChI is InChI=1S/C14H18N4O/c1-19-13-5-3-2-4-11(13)10-12-6-8-16-14(18-12)17-9-7-15/h2-6,8H,7,9-10,15H2,1H3,(H,16,17,18). The van der Waals surface area contributed by atoms with E-state index in [4.69, 9.17) is 10.5 Å². The van der Waals surface area contributed by atoms with Crippen molar-refractivity contribution in [3.63, 3.8) is 0 Å². The minimum Gasteiger partial charge on any atom is -0.496 e. The number of nitrogens with two attached hydrogens (primary N) is 1. The molecule has 0 atom stereocenters. The lowest BCUT2D eigenvalue weighted by molar-refractivity contribution is 0.410. The molecule has 0 unspecified atom stereocenters. The Morgan fingerprint density at radius 3 is 2.89 bits per heavy atom. The van der Waals surface area contributed by atoms with Crippen LogP contribution in [0.4, 0.5) is 5.95 Å². The van der Waals surface area contributed by atoms with Gasteiger partial charge in [0.25, 0.3) is 0 Å². The molecule has 100 valence electrons. The number of nitrogens with one attached hydrogen (secondary N) is 1. The summed E-state index contributed by atoms with van der Waals surface area (Å²) in [7, 11) is 1.67. The summed E-state index contributed by atoms with van der Waals surface area (Å²) in [6.45, 7) is 1.22. The van der Waals surface area contributed by atoms with Gasteiger partial charge in [-0.05, 0) is 12.1 Å². The molecule has 5 nitrogen and oxygen atoms in total. The average Bonchev–Trinajstić information content (AvgIpc) is 2.46. The zero-order valence-corrected chi connectivity index (χ0v) is 11.0. The summed E-state index contributed by atoms with van der Waals surface area (Å²) >= 11 is 0. The topological polar surface area (TPSA) is 73.1 Å².